The third-order valence-corrected chi connectivity index (χ3v) is 5.56. The number of hydrogen-bond donors (Lipinski definition) is 1. The number of rotatable bonds is 2. The molecule has 1 atom stereocenters. The molecule has 3 heterocycles. The number of aryl methyl sites for hydroxylation is 2. The first-order valence-electron chi connectivity index (χ1n) is 7.66. The van der Waals surface area contributed by atoms with E-state index in [1.54, 1.807) is 11.3 Å². The number of aromatic amines is 1. The van der Waals surface area contributed by atoms with Gasteiger partial charge in [-0.3, -0.25) is 9.69 Å². The van der Waals surface area contributed by atoms with E-state index in [2.05, 4.69) is 30.7 Å². The van der Waals surface area contributed by atoms with Crippen molar-refractivity contribution >= 4 is 21.6 Å². The van der Waals surface area contributed by atoms with Gasteiger partial charge in [-0.1, -0.05) is 0 Å². The highest BCUT2D eigenvalue weighted by atomic mass is 32.1. The highest BCUT2D eigenvalue weighted by molar-refractivity contribution is 7.18. The summed E-state index contributed by atoms with van der Waals surface area (Å²) in [4.78, 5) is 24.4. The number of hydrogen-bond acceptors (Lipinski definition) is 5. The molecule has 0 aliphatic carbocycles. The highest BCUT2D eigenvalue weighted by Gasteiger charge is 2.31. The first-order chi connectivity index (χ1) is 10.3. The molecule has 2 aromatic rings. The number of H-pyrrole nitrogens is 1. The van der Waals surface area contributed by atoms with Crippen LogP contribution in [0.2, 0.25) is 0 Å². The van der Waals surface area contributed by atoms with Gasteiger partial charge in [0.05, 0.1) is 23.6 Å². The van der Waals surface area contributed by atoms with Crippen LogP contribution in [0.5, 0.6) is 0 Å². The zero-order chi connectivity index (χ0) is 16.1. The Kier molecular flexibility index (Phi) is 3.87. The van der Waals surface area contributed by atoms with E-state index in [-0.39, 0.29) is 17.2 Å². The smallest absolute Gasteiger partial charge is 0.259 e. The van der Waals surface area contributed by atoms with Gasteiger partial charge in [-0.25, -0.2) is 4.98 Å². The van der Waals surface area contributed by atoms with Crippen molar-refractivity contribution in [3.8, 4) is 0 Å². The molecule has 0 amide bonds. The summed E-state index contributed by atoms with van der Waals surface area (Å²) in [5.41, 5.74) is 0.856. The maximum Gasteiger partial charge on any atom is 0.259 e. The van der Waals surface area contributed by atoms with Crippen LogP contribution in [0, 0.1) is 13.8 Å². The minimum absolute atomic E-state index is 0.0266. The average molecular weight is 321 g/mol. The predicted molar refractivity (Wildman–Crippen MR) is 89.7 cm³/mol. The molecule has 1 aliphatic rings. The molecule has 0 bridgehead atoms. The summed E-state index contributed by atoms with van der Waals surface area (Å²) < 4.78 is 5.76. The summed E-state index contributed by atoms with van der Waals surface area (Å²) in [7, 11) is 0. The van der Waals surface area contributed by atoms with Gasteiger partial charge in [-0.05, 0) is 40.2 Å². The fourth-order valence-electron chi connectivity index (χ4n) is 3.03. The van der Waals surface area contributed by atoms with E-state index in [1.807, 2.05) is 13.8 Å². The molecule has 0 unspecified atom stereocenters. The van der Waals surface area contributed by atoms with E-state index in [4.69, 9.17) is 9.72 Å². The lowest BCUT2D eigenvalue weighted by molar-refractivity contribution is -0.0966. The van der Waals surface area contributed by atoms with Crippen LogP contribution < -0.4 is 5.56 Å². The summed E-state index contributed by atoms with van der Waals surface area (Å²) in [5, 5.41) is 0.737. The number of aromatic nitrogens is 2. The van der Waals surface area contributed by atoms with Crippen LogP contribution in [-0.4, -0.2) is 40.2 Å². The number of nitrogens with one attached hydrogen (secondary N) is 1. The lowest BCUT2D eigenvalue weighted by Gasteiger charge is -2.40. The summed E-state index contributed by atoms with van der Waals surface area (Å²) in [6.45, 7) is 12.7. The maximum absolute atomic E-state index is 12.4. The lowest BCUT2D eigenvalue weighted by atomic mass is 10.1. The third kappa shape index (κ3) is 2.71. The fraction of sp³-hybridized carbons (Fsp3) is 0.625. The normalized spacial score (nSPS) is 20.4. The minimum atomic E-state index is -0.160. The molecule has 5 nitrogen and oxygen atoms in total. The van der Waals surface area contributed by atoms with Crippen LogP contribution in [-0.2, 0) is 4.74 Å². The molecule has 0 saturated carbocycles. The quantitative estimate of drug-likeness (QED) is 0.924. The lowest BCUT2D eigenvalue weighted by Crippen LogP contribution is -2.49. The third-order valence-electron chi connectivity index (χ3n) is 4.46. The SMILES string of the molecule is Cc1sc2nc([C@H](C)N3CCOC(C)(C)C3)[nH]c(=O)c2c1C. The number of morpholine rings is 1. The molecular weight excluding hydrogens is 298 g/mol. The van der Waals surface area contributed by atoms with E-state index >= 15 is 0 Å². The zero-order valence-corrected chi connectivity index (χ0v) is 14.6. The Morgan fingerprint density at radius 3 is 2.82 bits per heavy atom. The topological polar surface area (TPSA) is 58.2 Å². The summed E-state index contributed by atoms with van der Waals surface area (Å²) in [6, 6.07) is 0.0722. The molecule has 120 valence electrons. The Morgan fingerprint density at radius 2 is 2.14 bits per heavy atom. The molecule has 22 heavy (non-hydrogen) atoms. The predicted octanol–water partition coefficient (Wildman–Crippen LogP) is 2.77. The van der Waals surface area contributed by atoms with E-state index < -0.39 is 0 Å². The summed E-state index contributed by atoms with van der Waals surface area (Å²) >= 11 is 1.60. The Bertz CT molecular complexity index is 763. The van der Waals surface area contributed by atoms with Crippen molar-refractivity contribution in [3.63, 3.8) is 0 Å². The molecule has 0 radical (unpaired) electrons. The van der Waals surface area contributed by atoms with Gasteiger partial charge in [-0.2, -0.15) is 0 Å². The van der Waals surface area contributed by atoms with Gasteiger partial charge < -0.3 is 9.72 Å². The van der Waals surface area contributed by atoms with Crippen molar-refractivity contribution < 1.29 is 4.74 Å². The van der Waals surface area contributed by atoms with Crippen molar-refractivity contribution in [1.82, 2.24) is 14.9 Å². The number of fused-ring (bicyclic) bond motifs is 1. The molecule has 2 aromatic heterocycles. The van der Waals surface area contributed by atoms with Crippen LogP contribution in [0.4, 0.5) is 0 Å². The first-order valence-corrected chi connectivity index (χ1v) is 8.48. The largest absolute Gasteiger partial charge is 0.373 e. The number of thiophene rings is 1. The van der Waals surface area contributed by atoms with Gasteiger partial charge in [0.2, 0.25) is 0 Å². The van der Waals surface area contributed by atoms with Gasteiger partial charge in [0.1, 0.15) is 10.7 Å². The first kappa shape index (κ1) is 15.6. The monoisotopic (exact) mass is 321 g/mol. The molecule has 0 aromatic carbocycles. The van der Waals surface area contributed by atoms with E-state index in [0.717, 1.165) is 39.6 Å². The van der Waals surface area contributed by atoms with Gasteiger partial charge in [0.15, 0.2) is 0 Å². The second-order valence-corrected chi connectivity index (χ2v) is 7.87. The second-order valence-electron chi connectivity index (χ2n) is 6.67. The average Bonchev–Trinajstić information content (AvgIpc) is 2.72. The van der Waals surface area contributed by atoms with Crippen molar-refractivity contribution in [1.29, 1.82) is 0 Å². The van der Waals surface area contributed by atoms with Gasteiger partial charge in [0, 0.05) is 18.0 Å². The summed E-state index contributed by atoms with van der Waals surface area (Å²) in [6.07, 6.45) is 0. The van der Waals surface area contributed by atoms with Crippen molar-refractivity contribution in [2.75, 3.05) is 19.7 Å². The second kappa shape index (κ2) is 5.44. The van der Waals surface area contributed by atoms with Crippen molar-refractivity contribution in [2.24, 2.45) is 0 Å². The van der Waals surface area contributed by atoms with Gasteiger partial charge in [0.25, 0.3) is 5.56 Å². The minimum Gasteiger partial charge on any atom is -0.373 e. The van der Waals surface area contributed by atoms with Gasteiger partial charge in [-0.15, -0.1) is 11.3 Å². The maximum atomic E-state index is 12.4. The van der Waals surface area contributed by atoms with E-state index in [1.165, 1.54) is 0 Å². The van der Waals surface area contributed by atoms with Gasteiger partial charge >= 0.3 is 0 Å². The molecular formula is C16H23N3O2S. The van der Waals surface area contributed by atoms with Crippen LogP contribution >= 0.6 is 11.3 Å². The Labute approximate surface area is 134 Å². The van der Waals surface area contributed by atoms with Crippen molar-refractivity contribution in [2.45, 2.75) is 46.3 Å². The molecule has 1 N–H and O–H groups in total. The molecule has 6 heteroatoms. The molecule has 1 aliphatic heterocycles. The van der Waals surface area contributed by atoms with E-state index in [9.17, 15) is 4.79 Å². The number of nitrogens with zero attached hydrogens (tertiary/aromatic N) is 2. The Morgan fingerprint density at radius 1 is 1.41 bits per heavy atom. The standard InChI is InChI=1S/C16H23N3O2S/c1-9-11(3)22-15-12(9)14(20)17-13(18-15)10(2)19-6-7-21-16(4,5)8-19/h10H,6-8H2,1-5H3,(H,17,18,20)/t10-/m0/s1. The summed E-state index contributed by atoms with van der Waals surface area (Å²) in [5.74, 6) is 0.747. The van der Waals surface area contributed by atoms with Crippen LogP contribution in [0.15, 0.2) is 4.79 Å². The van der Waals surface area contributed by atoms with Crippen LogP contribution in [0.3, 0.4) is 0 Å². The molecule has 1 saturated heterocycles. The number of ether oxygens (including phenoxy) is 1. The van der Waals surface area contributed by atoms with Crippen LogP contribution in [0.25, 0.3) is 10.2 Å². The van der Waals surface area contributed by atoms with Crippen LogP contribution in [0.1, 0.15) is 43.1 Å². The zero-order valence-electron chi connectivity index (χ0n) is 13.8. The molecule has 3 rings (SSSR count). The Balaban J connectivity index is 1.98. The fourth-order valence-corrected chi connectivity index (χ4v) is 4.06. The molecule has 0 spiro atoms. The molecule has 1 fully saturated rings. The highest BCUT2D eigenvalue weighted by Crippen LogP contribution is 2.28. The van der Waals surface area contributed by atoms with Crippen molar-refractivity contribution in [3.05, 3.63) is 26.6 Å². The van der Waals surface area contributed by atoms with E-state index in [0.29, 0.717) is 6.61 Å². The Hall–Kier alpha value is -1.24.